The Bertz CT molecular complexity index is 959. The molecule has 7 heteroatoms. The molecule has 0 aromatic carbocycles. The van der Waals surface area contributed by atoms with Crippen LogP contribution in [0.15, 0.2) is 46.6 Å². The van der Waals surface area contributed by atoms with Crippen LogP contribution < -0.4 is 0 Å². The van der Waals surface area contributed by atoms with Crippen LogP contribution in [0.1, 0.15) is 110 Å². The van der Waals surface area contributed by atoms with E-state index in [4.69, 9.17) is 18.3 Å². The molecular weight excluding hydrogens is 728 g/mol. The zero-order chi connectivity index (χ0) is 36.9. The summed E-state index contributed by atoms with van der Waals surface area (Å²) in [7, 11) is -2.45. The minimum atomic E-state index is -2.19. The molecule has 0 saturated heterocycles. The van der Waals surface area contributed by atoms with Gasteiger partial charge in [-0.3, -0.25) is 0 Å². The van der Waals surface area contributed by atoms with Gasteiger partial charge in [0.2, 0.25) is 8.32 Å². The molecule has 0 saturated carbocycles. The Kier molecular flexibility index (Phi) is 21.3. The van der Waals surface area contributed by atoms with Crippen LogP contribution in [0.3, 0.4) is 0 Å². The summed E-state index contributed by atoms with van der Waals surface area (Å²) in [5.74, 6) is 1.25. The lowest BCUT2D eigenvalue weighted by atomic mass is 9.81. The fourth-order valence-corrected chi connectivity index (χ4v) is 15.4. The summed E-state index contributed by atoms with van der Waals surface area (Å²) in [6, 6.07) is 0. The molecule has 0 heterocycles. The summed E-state index contributed by atoms with van der Waals surface area (Å²) in [4.78, 5) is 0. The van der Waals surface area contributed by atoms with Crippen molar-refractivity contribution in [2.45, 2.75) is 163 Å². The second kappa shape index (κ2) is 21.4. The molecule has 47 heavy (non-hydrogen) atoms. The normalized spacial score (nSPS) is 19.4. The van der Waals surface area contributed by atoms with Crippen LogP contribution in [0.25, 0.3) is 0 Å². The van der Waals surface area contributed by atoms with Gasteiger partial charge in [-0.25, -0.2) is 0 Å². The number of ether oxygens (including phenoxy) is 2. The molecule has 0 aromatic rings. The van der Waals surface area contributed by atoms with E-state index < -0.39 is 16.6 Å². The van der Waals surface area contributed by atoms with Gasteiger partial charge in [-0.1, -0.05) is 162 Å². The first kappa shape index (κ1) is 47.0. The van der Waals surface area contributed by atoms with E-state index in [0.717, 1.165) is 6.42 Å². The van der Waals surface area contributed by atoms with Gasteiger partial charge in [-0.05, 0) is 64.0 Å². The van der Waals surface area contributed by atoms with Crippen molar-refractivity contribution in [2.75, 3.05) is 13.9 Å². The molecule has 8 atom stereocenters. The average molecular weight is 805 g/mol. The monoisotopic (exact) mass is 804 g/mol. The topological polar surface area (TPSA) is 36.9 Å². The fourth-order valence-electron chi connectivity index (χ4n) is 7.54. The third-order valence-corrected chi connectivity index (χ3v) is 21.9. The highest BCUT2D eigenvalue weighted by atomic mass is 127. The number of halogens is 1. The molecule has 0 fully saturated rings. The van der Waals surface area contributed by atoms with Gasteiger partial charge in [0.25, 0.3) is 0 Å². The van der Waals surface area contributed by atoms with E-state index in [-0.39, 0.29) is 47.9 Å². The summed E-state index contributed by atoms with van der Waals surface area (Å²) in [5, 5.41) is 0.158. The molecule has 0 amide bonds. The Morgan fingerprint density at radius 1 is 0.766 bits per heavy atom. The van der Waals surface area contributed by atoms with Gasteiger partial charge in [-0.2, -0.15) is 0 Å². The van der Waals surface area contributed by atoms with Gasteiger partial charge in [0.15, 0.2) is 8.32 Å². The average Bonchev–Trinajstić information content (AvgIpc) is 2.93. The lowest BCUT2D eigenvalue weighted by molar-refractivity contribution is -0.122. The van der Waals surface area contributed by atoms with Crippen LogP contribution >= 0.6 is 22.6 Å². The summed E-state index contributed by atoms with van der Waals surface area (Å²) < 4.78 is 28.9. The van der Waals surface area contributed by atoms with Crippen LogP contribution in [0.5, 0.6) is 0 Å². The molecule has 0 unspecified atom stereocenters. The standard InChI is InChI=1S/C40H77IO4Si2/c1-20-21-22-32(9)38(43-27-42-17)36(13)39(45-47(28(2)3,29(4)5)30(6)7)35(12)26-31(8)25-34(11)37(33(10)23-24-41)44-46(18,19)40(14,15)16/h20-25,28-30,32-39H,1,26-27H2,2-19H3/b22-21-,24-23-,31-25-/t32-,33-,34-,35-,36+,37-,38-,39+/m0/s1. The Hall–Kier alpha value is -0.0362. The number of hydrogen-bond acceptors (Lipinski definition) is 4. The quantitative estimate of drug-likeness (QED) is 0.0359. The van der Waals surface area contributed by atoms with Crippen molar-refractivity contribution in [2.24, 2.45) is 29.6 Å². The summed E-state index contributed by atoms with van der Waals surface area (Å²) in [5.41, 5.74) is 2.90. The van der Waals surface area contributed by atoms with Crippen molar-refractivity contribution in [3.63, 3.8) is 0 Å². The molecule has 0 aliphatic carbocycles. The maximum absolute atomic E-state index is 7.71. The van der Waals surface area contributed by atoms with Gasteiger partial charge in [0.1, 0.15) is 6.79 Å². The largest absolute Gasteiger partial charge is 0.413 e. The van der Waals surface area contributed by atoms with E-state index >= 15 is 0 Å². The second-order valence-corrected chi connectivity index (χ2v) is 27.7. The molecule has 0 bridgehead atoms. The van der Waals surface area contributed by atoms with E-state index in [0.29, 0.717) is 28.5 Å². The maximum Gasteiger partial charge on any atom is 0.200 e. The molecule has 0 spiro atoms. The Balaban J connectivity index is 6.86. The summed E-state index contributed by atoms with van der Waals surface area (Å²) in [6.07, 6.45) is 11.9. The van der Waals surface area contributed by atoms with Crippen molar-refractivity contribution < 1.29 is 18.3 Å². The van der Waals surface area contributed by atoms with Gasteiger partial charge < -0.3 is 18.3 Å². The van der Waals surface area contributed by atoms with E-state index in [1.807, 2.05) is 12.2 Å². The van der Waals surface area contributed by atoms with Crippen LogP contribution in [0, 0.1) is 29.6 Å². The highest BCUT2D eigenvalue weighted by Crippen LogP contribution is 2.46. The predicted octanol–water partition coefficient (Wildman–Crippen LogP) is 13.1. The number of methoxy groups -OCH3 is 1. The zero-order valence-corrected chi connectivity index (χ0v) is 38.1. The van der Waals surface area contributed by atoms with Gasteiger partial charge in [0.05, 0.1) is 18.3 Å². The van der Waals surface area contributed by atoms with Crippen molar-refractivity contribution in [3.8, 4) is 0 Å². The highest BCUT2D eigenvalue weighted by Gasteiger charge is 2.49. The highest BCUT2D eigenvalue weighted by molar-refractivity contribution is 14.1. The van der Waals surface area contributed by atoms with Crippen LogP contribution in [0.2, 0.25) is 34.8 Å². The molecule has 276 valence electrons. The molecule has 4 nitrogen and oxygen atoms in total. The third kappa shape index (κ3) is 13.9. The third-order valence-electron chi connectivity index (χ3n) is 10.9. The summed E-state index contributed by atoms with van der Waals surface area (Å²) >= 11 is 2.34. The lowest BCUT2D eigenvalue weighted by Crippen LogP contribution is -2.54. The Morgan fingerprint density at radius 3 is 1.70 bits per heavy atom. The Labute approximate surface area is 309 Å². The maximum atomic E-state index is 7.71. The van der Waals surface area contributed by atoms with Crippen molar-refractivity contribution in [1.82, 2.24) is 0 Å². The van der Waals surface area contributed by atoms with Gasteiger partial charge in [0, 0.05) is 24.9 Å². The number of rotatable bonds is 22. The first-order valence-electron chi connectivity index (χ1n) is 18.2. The molecule has 0 rings (SSSR count). The lowest BCUT2D eigenvalue weighted by Gasteiger charge is -2.48. The van der Waals surface area contributed by atoms with Gasteiger partial charge in [-0.15, -0.1) is 0 Å². The molecular formula is C40H77IO4Si2. The second-order valence-electron chi connectivity index (χ2n) is 16.9. The fraction of sp³-hybridized carbons (Fsp3) is 0.800. The van der Waals surface area contributed by atoms with Crippen molar-refractivity contribution in [1.29, 1.82) is 0 Å². The molecule has 0 aliphatic heterocycles. The Morgan fingerprint density at radius 2 is 1.28 bits per heavy atom. The first-order chi connectivity index (χ1) is 21.5. The van der Waals surface area contributed by atoms with Crippen molar-refractivity contribution >= 4 is 39.2 Å². The number of allylic oxidation sites excluding steroid dienone is 3. The van der Waals surface area contributed by atoms with Crippen LogP contribution in [-0.2, 0) is 18.3 Å². The number of hydrogen-bond donors (Lipinski definition) is 0. The smallest absolute Gasteiger partial charge is 0.200 e. The molecule has 0 aliphatic rings. The minimum absolute atomic E-state index is 0.0362. The SMILES string of the molecule is C=C/C=C\[C@H](C)[C@H](OCOC)[C@@H](C)[C@H](O[Si](C(C)C)(C(C)C)C(C)C)[C@@H](C)C/C(C)=C\[C@H](C)[C@@H](O[Si](C)(C)C(C)(C)C)[C@@H](C)/C=C\I. The zero-order valence-electron chi connectivity index (χ0n) is 33.9. The van der Waals surface area contributed by atoms with E-state index in [1.54, 1.807) is 7.11 Å². The van der Waals surface area contributed by atoms with E-state index in [9.17, 15) is 0 Å². The molecule has 0 aromatic heterocycles. The predicted molar refractivity (Wildman–Crippen MR) is 221 cm³/mol. The first-order valence-corrected chi connectivity index (χ1v) is 24.5. The molecule has 0 radical (unpaired) electrons. The van der Waals surface area contributed by atoms with Crippen molar-refractivity contribution in [3.05, 3.63) is 46.6 Å². The van der Waals surface area contributed by atoms with Crippen LogP contribution in [0.4, 0.5) is 0 Å². The van der Waals surface area contributed by atoms with E-state index in [2.05, 4.69) is 168 Å². The van der Waals surface area contributed by atoms with E-state index in [1.165, 1.54) is 5.57 Å². The van der Waals surface area contributed by atoms with Crippen LogP contribution in [-0.4, -0.2) is 48.8 Å². The summed E-state index contributed by atoms with van der Waals surface area (Å²) in [6.45, 7) is 44.1. The molecule has 0 N–H and O–H groups in total. The minimum Gasteiger partial charge on any atom is -0.413 e. The van der Waals surface area contributed by atoms with Gasteiger partial charge >= 0.3 is 0 Å².